The molecule has 0 atom stereocenters. The summed E-state index contributed by atoms with van der Waals surface area (Å²) in [5, 5.41) is 2.25. The number of hydrogen-bond donors (Lipinski definition) is 1. The molecule has 1 saturated heterocycles. The molecule has 150 valence electrons. The summed E-state index contributed by atoms with van der Waals surface area (Å²) in [5.41, 5.74) is 3.61. The van der Waals surface area contributed by atoms with Gasteiger partial charge in [-0.2, -0.15) is 0 Å². The van der Waals surface area contributed by atoms with E-state index in [-0.39, 0.29) is 5.57 Å². The second-order valence-electron chi connectivity index (χ2n) is 6.81. The Labute approximate surface area is 181 Å². The molecule has 2 aromatic heterocycles. The van der Waals surface area contributed by atoms with Crippen molar-refractivity contribution >= 4 is 45.5 Å². The van der Waals surface area contributed by atoms with E-state index in [0.717, 1.165) is 22.0 Å². The number of halogens is 1. The van der Waals surface area contributed by atoms with Crippen LogP contribution in [0.15, 0.2) is 64.9 Å². The number of imide groups is 2. The minimum absolute atomic E-state index is 0.110. The second kappa shape index (κ2) is 7.72. The SMILES string of the molecule is Cc1cc(C=C2C(=O)NC(=O)N(c3cccc(Br)c3)C2=O)c(C)n1-c1cccnc1. The number of pyridine rings is 1. The summed E-state index contributed by atoms with van der Waals surface area (Å²) < 4.78 is 2.70. The van der Waals surface area contributed by atoms with Gasteiger partial charge in [-0.15, -0.1) is 0 Å². The Kier molecular flexibility index (Phi) is 5.09. The average Bonchev–Trinajstić information content (AvgIpc) is 2.99. The number of barbiturate groups is 1. The number of aromatic nitrogens is 2. The number of aryl methyl sites for hydroxylation is 1. The summed E-state index contributed by atoms with van der Waals surface area (Å²) in [5.74, 6) is -1.39. The smallest absolute Gasteiger partial charge is 0.316 e. The predicted molar refractivity (Wildman–Crippen MR) is 116 cm³/mol. The van der Waals surface area contributed by atoms with Gasteiger partial charge < -0.3 is 4.57 Å². The van der Waals surface area contributed by atoms with E-state index in [1.54, 1.807) is 36.7 Å². The molecule has 4 amide bonds. The van der Waals surface area contributed by atoms with E-state index < -0.39 is 17.8 Å². The lowest BCUT2D eigenvalue weighted by atomic mass is 10.1. The summed E-state index contributed by atoms with van der Waals surface area (Å²) in [6.07, 6.45) is 4.95. The van der Waals surface area contributed by atoms with Crippen LogP contribution in [0.4, 0.5) is 10.5 Å². The fourth-order valence-electron chi connectivity index (χ4n) is 3.48. The Morgan fingerprint density at radius 2 is 1.80 bits per heavy atom. The maximum Gasteiger partial charge on any atom is 0.335 e. The Morgan fingerprint density at radius 3 is 2.50 bits per heavy atom. The van der Waals surface area contributed by atoms with E-state index in [0.29, 0.717) is 15.7 Å². The Bertz CT molecular complexity index is 1210. The zero-order valence-electron chi connectivity index (χ0n) is 16.2. The quantitative estimate of drug-likeness (QED) is 0.470. The first-order chi connectivity index (χ1) is 14.4. The van der Waals surface area contributed by atoms with Crippen molar-refractivity contribution in [3.63, 3.8) is 0 Å². The van der Waals surface area contributed by atoms with Gasteiger partial charge in [0, 0.05) is 22.1 Å². The third-order valence-corrected chi connectivity index (χ3v) is 5.34. The molecular formula is C22H17BrN4O3. The summed E-state index contributed by atoms with van der Waals surface area (Å²) in [7, 11) is 0. The summed E-state index contributed by atoms with van der Waals surface area (Å²) in [6.45, 7) is 3.83. The van der Waals surface area contributed by atoms with Crippen LogP contribution in [0, 0.1) is 13.8 Å². The predicted octanol–water partition coefficient (Wildman–Crippen LogP) is 3.92. The van der Waals surface area contributed by atoms with E-state index >= 15 is 0 Å². The minimum Gasteiger partial charge on any atom is -0.316 e. The Hall–Kier alpha value is -3.52. The van der Waals surface area contributed by atoms with Crippen LogP contribution in [-0.2, 0) is 9.59 Å². The second-order valence-corrected chi connectivity index (χ2v) is 7.73. The van der Waals surface area contributed by atoms with Gasteiger partial charge >= 0.3 is 6.03 Å². The van der Waals surface area contributed by atoms with Gasteiger partial charge in [-0.3, -0.25) is 19.9 Å². The van der Waals surface area contributed by atoms with Crippen LogP contribution in [0.5, 0.6) is 0 Å². The molecule has 1 aliphatic heterocycles. The number of carbonyl (C=O) groups is 3. The van der Waals surface area contributed by atoms with Crippen molar-refractivity contribution in [2.75, 3.05) is 4.90 Å². The highest BCUT2D eigenvalue weighted by molar-refractivity contribution is 9.10. The van der Waals surface area contributed by atoms with E-state index in [9.17, 15) is 14.4 Å². The van der Waals surface area contributed by atoms with Gasteiger partial charge in [0.2, 0.25) is 0 Å². The molecule has 8 heteroatoms. The van der Waals surface area contributed by atoms with Gasteiger partial charge in [-0.05, 0) is 61.9 Å². The highest BCUT2D eigenvalue weighted by Gasteiger charge is 2.37. The molecule has 1 fully saturated rings. The fourth-order valence-corrected chi connectivity index (χ4v) is 3.87. The van der Waals surface area contributed by atoms with Crippen LogP contribution in [0.1, 0.15) is 17.0 Å². The molecule has 3 heterocycles. The molecule has 0 radical (unpaired) electrons. The van der Waals surface area contributed by atoms with Crippen LogP contribution in [-0.4, -0.2) is 27.4 Å². The van der Waals surface area contributed by atoms with E-state index in [2.05, 4.69) is 26.2 Å². The van der Waals surface area contributed by atoms with Crippen molar-refractivity contribution < 1.29 is 14.4 Å². The number of hydrogen-bond acceptors (Lipinski definition) is 4. The Balaban J connectivity index is 1.77. The topological polar surface area (TPSA) is 84.3 Å². The van der Waals surface area contributed by atoms with E-state index in [4.69, 9.17) is 0 Å². The lowest BCUT2D eigenvalue weighted by Gasteiger charge is -2.26. The zero-order chi connectivity index (χ0) is 21.4. The molecule has 0 bridgehead atoms. The summed E-state index contributed by atoms with van der Waals surface area (Å²) >= 11 is 3.33. The van der Waals surface area contributed by atoms with Crippen molar-refractivity contribution in [3.8, 4) is 5.69 Å². The number of carbonyl (C=O) groups excluding carboxylic acids is 3. The molecule has 30 heavy (non-hydrogen) atoms. The minimum atomic E-state index is -0.777. The molecular weight excluding hydrogens is 448 g/mol. The van der Waals surface area contributed by atoms with Crippen molar-refractivity contribution in [2.24, 2.45) is 0 Å². The van der Waals surface area contributed by atoms with Crippen molar-refractivity contribution in [1.29, 1.82) is 0 Å². The molecule has 0 saturated carbocycles. The van der Waals surface area contributed by atoms with Crippen LogP contribution in [0.3, 0.4) is 0 Å². The fraction of sp³-hybridized carbons (Fsp3) is 0.0909. The van der Waals surface area contributed by atoms with Crippen molar-refractivity contribution in [3.05, 3.63) is 81.9 Å². The number of anilines is 1. The lowest BCUT2D eigenvalue weighted by molar-refractivity contribution is -0.122. The van der Waals surface area contributed by atoms with Gasteiger partial charge in [-0.1, -0.05) is 22.0 Å². The first-order valence-corrected chi connectivity index (χ1v) is 9.92. The Morgan fingerprint density at radius 1 is 1.03 bits per heavy atom. The van der Waals surface area contributed by atoms with Crippen LogP contribution >= 0.6 is 15.9 Å². The van der Waals surface area contributed by atoms with Gasteiger partial charge in [-0.25, -0.2) is 9.69 Å². The van der Waals surface area contributed by atoms with Crippen LogP contribution in [0.25, 0.3) is 11.8 Å². The van der Waals surface area contributed by atoms with Crippen molar-refractivity contribution in [2.45, 2.75) is 13.8 Å². The first-order valence-electron chi connectivity index (χ1n) is 9.13. The molecule has 0 spiro atoms. The van der Waals surface area contributed by atoms with Gasteiger partial charge in [0.1, 0.15) is 5.57 Å². The van der Waals surface area contributed by atoms with E-state index in [1.807, 2.05) is 36.6 Å². The number of nitrogens with zero attached hydrogens (tertiary/aromatic N) is 3. The van der Waals surface area contributed by atoms with Crippen LogP contribution < -0.4 is 10.2 Å². The maximum absolute atomic E-state index is 13.1. The number of urea groups is 1. The summed E-state index contributed by atoms with van der Waals surface area (Å²) in [4.78, 5) is 43.0. The molecule has 7 nitrogen and oxygen atoms in total. The highest BCUT2D eigenvalue weighted by atomic mass is 79.9. The largest absolute Gasteiger partial charge is 0.335 e. The zero-order valence-corrected chi connectivity index (χ0v) is 17.8. The third kappa shape index (κ3) is 3.46. The standard InChI is InChI=1S/C22H17BrN4O3/c1-13-9-15(14(2)26(13)18-7-4-8-24-12-18)10-19-20(28)25-22(30)27(21(19)29)17-6-3-5-16(23)11-17/h3-12H,1-2H3,(H,25,28,30). The molecule has 0 unspecified atom stereocenters. The number of rotatable bonds is 3. The number of benzene rings is 1. The van der Waals surface area contributed by atoms with Crippen LogP contribution in [0.2, 0.25) is 0 Å². The molecule has 0 aliphatic carbocycles. The highest BCUT2D eigenvalue weighted by Crippen LogP contribution is 2.27. The van der Waals surface area contributed by atoms with Gasteiger partial charge in [0.25, 0.3) is 11.8 Å². The number of amides is 4. The van der Waals surface area contributed by atoms with Crippen molar-refractivity contribution in [1.82, 2.24) is 14.9 Å². The normalized spacial score (nSPS) is 15.6. The summed E-state index contributed by atoms with van der Waals surface area (Å²) in [6, 6.07) is 11.6. The average molecular weight is 465 g/mol. The molecule has 4 rings (SSSR count). The first kappa shape index (κ1) is 19.8. The molecule has 1 aliphatic rings. The molecule has 1 N–H and O–H groups in total. The lowest BCUT2D eigenvalue weighted by Crippen LogP contribution is -2.54. The molecule has 3 aromatic rings. The maximum atomic E-state index is 13.1. The van der Waals surface area contributed by atoms with E-state index in [1.165, 1.54) is 6.08 Å². The third-order valence-electron chi connectivity index (χ3n) is 4.84. The van der Waals surface area contributed by atoms with Gasteiger partial charge in [0.05, 0.1) is 17.6 Å². The molecule has 1 aromatic carbocycles. The monoisotopic (exact) mass is 464 g/mol. The number of nitrogens with one attached hydrogen (secondary N) is 1. The van der Waals surface area contributed by atoms with Gasteiger partial charge in [0.15, 0.2) is 0 Å².